The Morgan fingerprint density at radius 1 is 0.944 bits per heavy atom. The molecule has 1 atom stereocenters. The van der Waals surface area contributed by atoms with Crippen LogP contribution in [0.25, 0.3) is 0 Å². The van der Waals surface area contributed by atoms with E-state index in [9.17, 15) is 5.11 Å². The van der Waals surface area contributed by atoms with Crippen molar-refractivity contribution in [2.45, 2.75) is 40.7 Å². The van der Waals surface area contributed by atoms with Crippen molar-refractivity contribution in [3.8, 4) is 0 Å². The highest BCUT2D eigenvalue weighted by atomic mass is 32.1. The van der Waals surface area contributed by atoms with Crippen LogP contribution in [0.1, 0.15) is 43.7 Å². The standard InChI is InChI=1S/C16H20OS/c1-9-8-10(2)13(5)15(12(9)4)16(17)14-7-6-11(3)18-14/h6-8,16-17H,1-5H3. The molecule has 0 amide bonds. The lowest BCUT2D eigenvalue weighted by molar-refractivity contribution is 0.222. The van der Waals surface area contributed by atoms with Crippen molar-refractivity contribution in [3.63, 3.8) is 0 Å². The van der Waals surface area contributed by atoms with E-state index in [0.29, 0.717) is 0 Å². The van der Waals surface area contributed by atoms with Gasteiger partial charge in [0.25, 0.3) is 0 Å². The lowest BCUT2D eigenvalue weighted by atomic mass is 9.90. The fourth-order valence-corrected chi connectivity index (χ4v) is 3.27. The molecule has 1 aromatic carbocycles. The van der Waals surface area contributed by atoms with E-state index in [1.807, 2.05) is 6.07 Å². The summed E-state index contributed by atoms with van der Waals surface area (Å²) in [6, 6.07) is 6.29. The maximum atomic E-state index is 10.6. The Morgan fingerprint density at radius 3 is 1.94 bits per heavy atom. The van der Waals surface area contributed by atoms with Gasteiger partial charge in [-0.25, -0.2) is 0 Å². The second-order valence-electron chi connectivity index (χ2n) is 5.02. The van der Waals surface area contributed by atoms with Crippen molar-refractivity contribution in [1.29, 1.82) is 0 Å². The first kappa shape index (κ1) is 13.3. The summed E-state index contributed by atoms with van der Waals surface area (Å²) in [5.41, 5.74) is 5.99. The van der Waals surface area contributed by atoms with Gasteiger partial charge >= 0.3 is 0 Å². The van der Waals surface area contributed by atoms with Crippen LogP contribution in [0, 0.1) is 34.6 Å². The van der Waals surface area contributed by atoms with E-state index >= 15 is 0 Å². The zero-order valence-corrected chi connectivity index (χ0v) is 12.5. The molecule has 0 saturated heterocycles. The summed E-state index contributed by atoms with van der Waals surface area (Å²) >= 11 is 1.67. The van der Waals surface area contributed by atoms with Crippen LogP contribution in [0.2, 0.25) is 0 Å². The van der Waals surface area contributed by atoms with Gasteiger partial charge in [-0.3, -0.25) is 0 Å². The van der Waals surface area contributed by atoms with E-state index in [0.717, 1.165) is 10.4 Å². The number of aliphatic hydroxyl groups is 1. The van der Waals surface area contributed by atoms with E-state index < -0.39 is 6.10 Å². The first-order valence-corrected chi connectivity index (χ1v) is 7.05. The van der Waals surface area contributed by atoms with Gasteiger partial charge in [0.05, 0.1) is 0 Å². The van der Waals surface area contributed by atoms with Crippen molar-refractivity contribution in [3.05, 3.63) is 55.8 Å². The molecule has 2 rings (SSSR count). The molecule has 2 aromatic rings. The van der Waals surface area contributed by atoms with Crippen LogP contribution in [0.3, 0.4) is 0 Å². The van der Waals surface area contributed by atoms with E-state index in [2.05, 4.69) is 46.8 Å². The summed E-state index contributed by atoms with van der Waals surface area (Å²) in [6.07, 6.45) is -0.498. The van der Waals surface area contributed by atoms with Gasteiger partial charge in [-0.1, -0.05) is 6.07 Å². The number of hydrogen-bond donors (Lipinski definition) is 1. The summed E-state index contributed by atoms with van der Waals surface area (Å²) in [5.74, 6) is 0. The van der Waals surface area contributed by atoms with Crippen molar-refractivity contribution in [2.75, 3.05) is 0 Å². The van der Waals surface area contributed by atoms with E-state index in [1.165, 1.54) is 27.1 Å². The molecule has 1 unspecified atom stereocenters. The Labute approximate surface area is 113 Å². The SMILES string of the molecule is Cc1ccc(C(O)c2c(C)c(C)cc(C)c2C)s1. The number of thiophene rings is 1. The molecule has 2 heteroatoms. The summed E-state index contributed by atoms with van der Waals surface area (Å²) in [5, 5.41) is 10.6. The molecule has 0 aliphatic carbocycles. The fourth-order valence-electron chi connectivity index (χ4n) is 2.40. The molecule has 0 bridgehead atoms. The second kappa shape index (κ2) is 4.87. The third kappa shape index (κ3) is 2.23. The van der Waals surface area contributed by atoms with Gasteiger partial charge < -0.3 is 5.11 Å². The summed E-state index contributed by atoms with van der Waals surface area (Å²) < 4.78 is 0. The lowest BCUT2D eigenvalue weighted by Gasteiger charge is -2.19. The number of aliphatic hydroxyl groups excluding tert-OH is 1. The Balaban J connectivity index is 2.57. The number of hydrogen-bond acceptors (Lipinski definition) is 2. The molecule has 1 heterocycles. The Kier molecular flexibility index (Phi) is 3.60. The zero-order chi connectivity index (χ0) is 13.4. The predicted molar refractivity (Wildman–Crippen MR) is 78.5 cm³/mol. The molecule has 0 radical (unpaired) electrons. The van der Waals surface area contributed by atoms with Crippen LogP contribution >= 0.6 is 11.3 Å². The molecule has 18 heavy (non-hydrogen) atoms. The average Bonchev–Trinajstić information content (AvgIpc) is 2.73. The average molecular weight is 260 g/mol. The minimum absolute atomic E-state index is 0.498. The quantitative estimate of drug-likeness (QED) is 0.850. The van der Waals surface area contributed by atoms with Gasteiger partial charge in [-0.2, -0.15) is 0 Å². The summed E-state index contributed by atoms with van der Waals surface area (Å²) in [7, 11) is 0. The van der Waals surface area contributed by atoms with Crippen LogP contribution < -0.4 is 0 Å². The second-order valence-corrected chi connectivity index (χ2v) is 6.34. The highest BCUT2D eigenvalue weighted by molar-refractivity contribution is 7.12. The first-order valence-electron chi connectivity index (χ1n) is 6.23. The van der Waals surface area contributed by atoms with Gasteiger partial charge in [0.1, 0.15) is 6.10 Å². The number of rotatable bonds is 2. The van der Waals surface area contributed by atoms with Crippen LogP contribution in [-0.2, 0) is 0 Å². The van der Waals surface area contributed by atoms with Gasteiger partial charge in [-0.05, 0) is 74.6 Å². The van der Waals surface area contributed by atoms with E-state index in [1.54, 1.807) is 11.3 Å². The minimum Gasteiger partial charge on any atom is -0.383 e. The largest absolute Gasteiger partial charge is 0.383 e. The molecule has 0 fully saturated rings. The highest BCUT2D eigenvalue weighted by Gasteiger charge is 2.19. The molecule has 1 N–H and O–H groups in total. The van der Waals surface area contributed by atoms with Crippen molar-refractivity contribution >= 4 is 11.3 Å². The molecule has 0 aliphatic rings. The molecular weight excluding hydrogens is 240 g/mol. The van der Waals surface area contributed by atoms with E-state index in [4.69, 9.17) is 0 Å². The molecule has 0 aliphatic heterocycles. The fraction of sp³-hybridized carbons (Fsp3) is 0.375. The van der Waals surface area contributed by atoms with Crippen LogP contribution in [-0.4, -0.2) is 5.11 Å². The topological polar surface area (TPSA) is 20.2 Å². The van der Waals surface area contributed by atoms with Gasteiger partial charge in [0.15, 0.2) is 0 Å². The molecular formula is C16H20OS. The van der Waals surface area contributed by atoms with Crippen molar-refractivity contribution < 1.29 is 5.11 Å². The molecule has 0 spiro atoms. The Bertz CT molecular complexity index is 555. The number of benzene rings is 1. The van der Waals surface area contributed by atoms with Gasteiger partial charge in [0, 0.05) is 9.75 Å². The molecule has 0 saturated carbocycles. The lowest BCUT2D eigenvalue weighted by Crippen LogP contribution is -2.06. The molecule has 1 aromatic heterocycles. The molecule has 96 valence electrons. The third-order valence-corrected chi connectivity index (χ3v) is 4.78. The maximum absolute atomic E-state index is 10.6. The maximum Gasteiger partial charge on any atom is 0.114 e. The van der Waals surface area contributed by atoms with Crippen LogP contribution in [0.4, 0.5) is 0 Å². The normalized spacial score (nSPS) is 12.8. The number of aryl methyl sites for hydroxylation is 3. The first-order chi connectivity index (χ1) is 8.41. The van der Waals surface area contributed by atoms with Gasteiger partial charge in [0.2, 0.25) is 0 Å². The zero-order valence-electron chi connectivity index (χ0n) is 11.7. The van der Waals surface area contributed by atoms with Crippen molar-refractivity contribution in [1.82, 2.24) is 0 Å². The monoisotopic (exact) mass is 260 g/mol. The van der Waals surface area contributed by atoms with Crippen molar-refractivity contribution in [2.24, 2.45) is 0 Å². The molecule has 1 nitrogen and oxygen atoms in total. The van der Waals surface area contributed by atoms with Crippen LogP contribution in [0.5, 0.6) is 0 Å². The highest BCUT2D eigenvalue weighted by Crippen LogP contribution is 2.34. The smallest absolute Gasteiger partial charge is 0.114 e. The Morgan fingerprint density at radius 2 is 1.50 bits per heavy atom. The third-order valence-electron chi connectivity index (χ3n) is 3.73. The van der Waals surface area contributed by atoms with Crippen LogP contribution in [0.15, 0.2) is 18.2 Å². The summed E-state index contributed by atoms with van der Waals surface area (Å²) in [6.45, 7) is 10.5. The summed E-state index contributed by atoms with van der Waals surface area (Å²) in [4.78, 5) is 2.27. The predicted octanol–water partition coefficient (Wildman–Crippen LogP) is 4.37. The van der Waals surface area contributed by atoms with Gasteiger partial charge in [-0.15, -0.1) is 11.3 Å². The van der Waals surface area contributed by atoms with E-state index in [-0.39, 0.29) is 0 Å². The minimum atomic E-state index is -0.498. The Hall–Kier alpha value is -1.12.